The number of halogens is 2. The summed E-state index contributed by atoms with van der Waals surface area (Å²) in [5.74, 6) is -0.705. The summed E-state index contributed by atoms with van der Waals surface area (Å²) in [6.45, 7) is 0.670. The lowest BCUT2D eigenvalue weighted by Gasteiger charge is -2.10. The van der Waals surface area contributed by atoms with Crippen molar-refractivity contribution in [1.29, 1.82) is 0 Å². The number of carbonyl (C=O) groups is 2. The molecule has 120 valence electrons. The van der Waals surface area contributed by atoms with E-state index < -0.39 is 5.82 Å². The molecule has 2 aromatic rings. The summed E-state index contributed by atoms with van der Waals surface area (Å²) < 4.78 is 13.0. The molecule has 1 fully saturated rings. The number of amides is 2. The molecule has 8 heteroatoms. The van der Waals surface area contributed by atoms with Crippen LogP contribution in [-0.4, -0.2) is 23.3 Å². The van der Waals surface area contributed by atoms with E-state index in [0.29, 0.717) is 29.5 Å². The third-order valence-electron chi connectivity index (χ3n) is 3.39. The van der Waals surface area contributed by atoms with Crippen LogP contribution in [0.5, 0.6) is 0 Å². The minimum Gasteiger partial charge on any atom is -0.324 e. The van der Waals surface area contributed by atoms with Crippen LogP contribution in [0.25, 0.3) is 0 Å². The van der Waals surface area contributed by atoms with Crippen molar-refractivity contribution in [3.05, 3.63) is 40.1 Å². The zero-order valence-corrected chi connectivity index (χ0v) is 13.6. The fourth-order valence-electron chi connectivity index (χ4n) is 2.30. The standard InChI is InChI=1S/C15H13ClFN3O2S/c16-11-6-9(17)3-4-12(11)19-13(21)7-10-8-23-15(18-10)20-5-1-2-14(20)22/h3-4,6,8H,1-2,5,7H2,(H,19,21). The van der Waals surface area contributed by atoms with E-state index in [0.717, 1.165) is 12.5 Å². The van der Waals surface area contributed by atoms with Crippen LogP contribution >= 0.6 is 22.9 Å². The number of nitrogens with zero attached hydrogens (tertiary/aromatic N) is 2. The Bertz CT molecular complexity index is 765. The number of benzene rings is 1. The van der Waals surface area contributed by atoms with E-state index in [1.165, 1.54) is 23.5 Å². The lowest BCUT2D eigenvalue weighted by Crippen LogP contribution is -2.23. The largest absolute Gasteiger partial charge is 0.324 e. The van der Waals surface area contributed by atoms with Gasteiger partial charge in [-0.05, 0) is 24.6 Å². The first kappa shape index (κ1) is 15.9. The quantitative estimate of drug-likeness (QED) is 0.917. The molecule has 0 bridgehead atoms. The van der Waals surface area contributed by atoms with Gasteiger partial charge >= 0.3 is 0 Å². The van der Waals surface area contributed by atoms with E-state index in [-0.39, 0.29) is 23.3 Å². The Balaban J connectivity index is 1.64. The number of carbonyl (C=O) groups excluding carboxylic acids is 2. The van der Waals surface area contributed by atoms with Gasteiger partial charge in [0.25, 0.3) is 0 Å². The average molecular weight is 354 g/mol. The first-order valence-electron chi connectivity index (χ1n) is 7.02. The molecule has 0 atom stereocenters. The first-order chi connectivity index (χ1) is 11.0. The van der Waals surface area contributed by atoms with E-state index in [1.807, 2.05) is 0 Å². The second-order valence-electron chi connectivity index (χ2n) is 5.12. The minimum absolute atomic E-state index is 0.0617. The topological polar surface area (TPSA) is 62.3 Å². The Labute approximate surface area is 141 Å². The van der Waals surface area contributed by atoms with Crippen molar-refractivity contribution in [2.45, 2.75) is 19.3 Å². The molecule has 1 saturated heterocycles. The van der Waals surface area contributed by atoms with Crippen molar-refractivity contribution >= 4 is 45.6 Å². The Morgan fingerprint density at radius 3 is 3.00 bits per heavy atom. The maximum absolute atomic E-state index is 13.0. The molecule has 2 amide bonds. The van der Waals surface area contributed by atoms with Gasteiger partial charge in [0.2, 0.25) is 11.8 Å². The van der Waals surface area contributed by atoms with Crippen LogP contribution in [0.4, 0.5) is 15.2 Å². The van der Waals surface area contributed by atoms with Gasteiger partial charge in [-0.15, -0.1) is 11.3 Å². The third-order valence-corrected chi connectivity index (χ3v) is 4.62. The van der Waals surface area contributed by atoms with Gasteiger partial charge in [-0.2, -0.15) is 0 Å². The fourth-order valence-corrected chi connectivity index (χ4v) is 3.38. The summed E-state index contributed by atoms with van der Waals surface area (Å²) in [4.78, 5) is 29.7. The van der Waals surface area contributed by atoms with Gasteiger partial charge in [0, 0.05) is 18.3 Å². The van der Waals surface area contributed by atoms with E-state index >= 15 is 0 Å². The maximum atomic E-state index is 13.0. The van der Waals surface area contributed by atoms with E-state index in [2.05, 4.69) is 10.3 Å². The number of rotatable bonds is 4. The van der Waals surface area contributed by atoms with Crippen molar-refractivity contribution < 1.29 is 14.0 Å². The van der Waals surface area contributed by atoms with Crippen LogP contribution in [0, 0.1) is 5.82 Å². The second kappa shape index (κ2) is 6.64. The van der Waals surface area contributed by atoms with Crippen LogP contribution in [-0.2, 0) is 16.0 Å². The van der Waals surface area contributed by atoms with Crippen LogP contribution in [0.15, 0.2) is 23.6 Å². The van der Waals surface area contributed by atoms with E-state index in [9.17, 15) is 14.0 Å². The highest BCUT2D eigenvalue weighted by Crippen LogP contribution is 2.26. The molecule has 0 saturated carbocycles. The van der Waals surface area contributed by atoms with Gasteiger partial charge < -0.3 is 5.32 Å². The Morgan fingerprint density at radius 1 is 1.48 bits per heavy atom. The van der Waals surface area contributed by atoms with Crippen molar-refractivity contribution in [1.82, 2.24) is 4.98 Å². The highest BCUT2D eigenvalue weighted by Gasteiger charge is 2.24. The van der Waals surface area contributed by atoms with Gasteiger partial charge in [-0.3, -0.25) is 14.5 Å². The van der Waals surface area contributed by atoms with Gasteiger partial charge in [0.05, 0.1) is 22.8 Å². The first-order valence-corrected chi connectivity index (χ1v) is 8.28. The highest BCUT2D eigenvalue weighted by molar-refractivity contribution is 7.14. The lowest BCUT2D eigenvalue weighted by molar-refractivity contribution is -0.117. The predicted molar refractivity (Wildman–Crippen MR) is 87.4 cm³/mol. The highest BCUT2D eigenvalue weighted by atomic mass is 35.5. The number of aromatic nitrogens is 1. The van der Waals surface area contributed by atoms with Crippen LogP contribution in [0.1, 0.15) is 18.5 Å². The fraction of sp³-hybridized carbons (Fsp3) is 0.267. The second-order valence-corrected chi connectivity index (χ2v) is 6.36. The van der Waals surface area contributed by atoms with Crippen molar-refractivity contribution in [2.75, 3.05) is 16.8 Å². The van der Waals surface area contributed by atoms with Gasteiger partial charge in [-0.1, -0.05) is 11.6 Å². The van der Waals surface area contributed by atoms with Gasteiger partial charge in [0.15, 0.2) is 5.13 Å². The third kappa shape index (κ3) is 3.68. The molecule has 5 nitrogen and oxygen atoms in total. The Morgan fingerprint density at radius 2 is 2.30 bits per heavy atom. The molecule has 0 unspecified atom stereocenters. The monoisotopic (exact) mass is 353 g/mol. The lowest BCUT2D eigenvalue weighted by atomic mass is 10.2. The molecule has 1 aromatic heterocycles. The van der Waals surface area contributed by atoms with Crippen LogP contribution < -0.4 is 10.2 Å². The van der Waals surface area contributed by atoms with Crippen molar-refractivity contribution in [3.63, 3.8) is 0 Å². The van der Waals surface area contributed by atoms with Crippen LogP contribution in [0.3, 0.4) is 0 Å². The maximum Gasteiger partial charge on any atom is 0.230 e. The molecule has 1 aliphatic rings. The normalized spacial score (nSPS) is 14.3. The molecule has 3 rings (SSSR count). The zero-order chi connectivity index (χ0) is 16.4. The molecular formula is C15H13ClFN3O2S. The number of anilines is 2. The summed E-state index contributed by atoms with van der Waals surface area (Å²) in [6, 6.07) is 3.77. The van der Waals surface area contributed by atoms with Gasteiger partial charge in [0.1, 0.15) is 5.82 Å². The van der Waals surface area contributed by atoms with E-state index in [4.69, 9.17) is 11.6 Å². The molecule has 0 spiro atoms. The molecule has 0 radical (unpaired) electrons. The number of nitrogens with one attached hydrogen (secondary N) is 1. The van der Waals surface area contributed by atoms with E-state index in [1.54, 1.807) is 10.3 Å². The molecule has 1 aromatic carbocycles. The summed E-state index contributed by atoms with van der Waals surface area (Å²) in [7, 11) is 0. The summed E-state index contributed by atoms with van der Waals surface area (Å²) in [5, 5.41) is 5.14. The average Bonchev–Trinajstić information content (AvgIpc) is 3.10. The zero-order valence-electron chi connectivity index (χ0n) is 12.0. The molecule has 1 N–H and O–H groups in total. The predicted octanol–water partition coefficient (Wildman–Crippen LogP) is 3.24. The summed E-state index contributed by atoms with van der Waals surface area (Å²) in [6.07, 6.45) is 1.43. The minimum atomic E-state index is -0.465. The molecule has 1 aliphatic heterocycles. The smallest absolute Gasteiger partial charge is 0.230 e. The number of hydrogen-bond donors (Lipinski definition) is 1. The van der Waals surface area contributed by atoms with Crippen molar-refractivity contribution in [2.24, 2.45) is 0 Å². The SMILES string of the molecule is O=C(Cc1csc(N2CCCC2=O)n1)Nc1ccc(F)cc1Cl. The molecule has 2 heterocycles. The Hall–Kier alpha value is -1.99. The number of thiazole rings is 1. The molecular weight excluding hydrogens is 341 g/mol. The summed E-state index contributed by atoms with van der Waals surface area (Å²) in [5.41, 5.74) is 0.934. The molecule has 0 aliphatic carbocycles. The summed E-state index contributed by atoms with van der Waals surface area (Å²) >= 11 is 7.21. The van der Waals surface area contributed by atoms with Gasteiger partial charge in [-0.25, -0.2) is 9.37 Å². The van der Waals surface area contributed by atoms with Crippen LogP contribution in [0.2, 0.25) is 5.02 Å². The molecule has 23 heavy (non-hydrogen) atoms. The number of hydrogen-bond acceptors (Lipinski definition) is 4. The van der Waals surface area contributed by atoms with Crippen molar-refractivity contribution in [3.8, 4) is 0 Å². The Kier molecular flexibility index (Phi) is 4.58.